The van der Waals surface area contributed by atoms with Gasteiger partial charge >= 0.3 is 0 Å². The molecule has 2 rings (SSSR count). The van der Waals surface area contributed by atoms with Gasteiger partial charge in [0, 0.05) is 71.5 Å². The van der Waals surface area contributed by atoms with E-state index in [0.29, 0.717) is 18.0 Å². The molecule has 8 heteroatoms. The number of hydrogen-bond acceptors (Lipinski definition) is 5. The SMILES string of the molecule is CCN1CCN(C(C)CNC(=NC)NCC(C(C)C)N2CCOCC2)CC1.I. The fourth-order valence-corrected chi connectivity index (χ4v) is 4.01. The second kappa shape index (κ2) is 14.0. The van der Waals surface area contributed by atoms with Crippen LogP contribution < -0.4 is 10.6 Å². The summed E-state index contributed by atoms with van der Waals surface area (Å²) in [5.41, 5.74) is 0. The molecule has 0 aromatic carbocycles. The van der Waals surface area contributed by atoms with Crippen LogP contribution in [0, 0.1) is 5.92 Å². The minimum absolute atomic E-state index is 0. The number of halogens is 1. The number of ether oxygens (including phenoxy) is 1. The number of guanidine groups is 1. The molecule has 166 valence electrons. The first-order chi connectivity index (χ1) is 13.0. The first-order valence-corrected chi connectivity index (χ1v) is 10.8. The Bertz CT molecular complexity index is 436. The van der Waals surface area contributed by atoms with Crippen LogP contribution in [0.4, 0.5) is 0 Å². The van der Waals surface area contributed by atoms with Crippen LogP contribution in [-0.2, 0) is 4.74 Å². The Balaban J connectivity index is 0.00000392. The zero-order valence-corrected chi connectivity index (χ0v) is 20.9. The van der Waals surface area contributed by atoms with E-state index in [0.717, 1.165) is 65.0 Å². The van der Waals surface area contributed by atoms with Crippen molar-refractivity contribution in [3.63, 3.8) is 0 Å². The van der Waals surface area contributed by atoms with E-state index in [1.54, 1.807) is 0 Å². The van der Waals surface area contributed by atoms with E-state index in [1.807, 2.05) is 7.05 Å². The maximum Gasteiger partial charge on any atom is 0.191 e. The Morgan fingerprint density at radius 1 is 0.929 bits per heavy atom. The highest BCUT2D eigenvalue weighted by atomic mass is 127. The number of aliphatic imine (C=N–C) groups is 1. The molecule has 2 aliphatic rings. The highest BCUT2D eigenvalue weighted by Gasteiger charge is 2.24. The average molecular weight is 511 g/mol. The predicted molar refractivity (Wildman–Crippen MR) is 129 cm³/mol. The molecule has 2 saturated heterocycles. The van der Waals surface area contributed by atoms with Crippen LogP contribution >= 0.6 is 24.0 Å². The zero-order valence-electron chi connectivity index (χ0n) is 18.6. The molecular weight excluding hydrogens is 467 g/mol. The third kappa shape index (κ3) is 8.30. The number of nitrogens with one attached hydrogen (secondary N) is 2. The molecule has 2 aliphatic heterocycles. The van der Waals surface area contributed by atoms with E-state index in [4.69, 9.17) is 4.74 Å². The molecule has 0 amide bonds. The van der Waals surface area contributed by atoms with Gasteiger partial charge in [-0.2, -0.15) is 0 Å². The molecule has 2 fully saturated rings. The second-order valence-corrected chi connectivity index (χ2v) is 8.11. The lowest BCUT2D eigenvalue weighted by Crippen LogP contribution is -2.55. The van der Waals surface area contributed by atoms with Gasteiger partial charge in [-0.05, 0) is 19.4 Å². The van der Waals surface area contributed by atoms with Crippen molar-refractivity contribution in [2.45, 2.75) is 39.8 Å². The van der Waals surface area contributed by atoms with E-state index in [9.17, 15) is 0 Å². The topological polar surface area (TPSA) is 55.4 Å². The molecule has 2 heterocycles. The molecule has 0 aliphatic carbocycles. The van der Waals surface area contributed by atoms with Gasteiger partial charge in [-0.15, -0.1) is 24.0 Å². The Morgan fingerprint density at radius 2 is 1.54 bits per heavy atom. The third-order valence-electron chi connectivity index (χ3n) is 6.03. The van der Waals surface area contributed by atoms with Gasteiger partial charge in [0.25, 0.3) is 0 Å². The predicted octanol–water partition coefficient (Wildman–Crippen LogP) is 1.15. The lowest BCUT2D eigenvalue weighted by molar-refractivity contribution is 0.00751. The van der Waals surface area contributed by atoms with Gasteiger partial charge in [0.05, 0.1) is 13.2 Å². The van der Waals surface area contributed by atoms with Crippen molar-refractivity contribution in [1.82, 2.24) is 25.3 Å². The van der Waals surface area contributed by atoms with Gasteiger partial charge < -0.3 is 20.3 Å². The number of hydrogen-bond donors (Lipinski definition) is 2. The number of rotatable bonds is 8. The molecule has 2 unspecified atom stereocenters. The molecule has 28 heavy (non-hydrogen) atoms. The van der Waals surface area contributed by atoms with E-state index in [2.05, 4.69) is 58.0 Å². The third-order valence-corrected chi connectivity index (χ3v) is 6.03. The molecule has 0 spiro atoms. The molecule has 0 aromatic rings. The minimum Gasteiger partial charge on any atom is -0.379 e. The van der Waals surface area contributed by atoms with Crippen molar-refractivity contribution >= 4 is 29.9 Å². The first kappa shape index (κ1) is 25.9. The zero-order chi connectivity index (χ0) is 19.6. The average Bonchev–Trinajstić information content (AvgIpc) is 2.70. The van der Waals surface area contributed by atoms with Gasteiger partial charge in [0.1, 0.15) is 0 Å². The molecule has 0 aromatic heterocycles. The Hall–Kier alpha value is -0.160. The van der Waals surface area contributed by atoms with Gasteiger partial charge in [-0.25, -0.2) is 0 Å². The molecule has 2 atom stereocenters. The van der Waals surface area contributed by atoms with Crippen LogP contribution in [0.15, 0.2) is 4.99 Å². The van der Waals surface area contributed by atoms with Crippen LogP contribution in [0.3, 0.4) is 0 Å². The number of nitrogens with zero attached hydrogens (tertiary/aromatic N) is 4. The Labute approximate surface area is 189 Å². The van der Waals surface area contributed by atoms with Crippen molar-refractivity contribution < 1.29 is 4.74 Å². The summed E-state index contributed by atoms with van der Waals surface area (Å²) in [6.45, 7) is 20.6. The summed E-state index contributed by atoms with van der Waals surface area (Å²) in [5.74, 6) is 1.51. The number of likely N-dealkylation sites (N-methyl/N-ethyl adjacent to an activating group) is 1. The Kier molecular flexibility index (Phi) is 12.9. The maximum atomic E-state index is 5.51. The second-order valence-electron chi connectivity index (χ2n) is 8.11. The smallest absolute Gasteiger partial charge is 0.191 e. The summed E-state index contributed by atoms with van der Waals surface area (Å²) in [7, 11) is 1.86. The summed E-state index contributed by atoms with van der Waals surface area (Å²) in [4.78, 5) is 12.1. The monoisotopic (exact) mass is 510 g/mol. The van der Waals surface area contributed by atoms with Crippen molar-refractivity contribution in [1.29, 1.82) is 0 Å². The summed E-state index contributed by atoms with van der Waals surface area (Å²) in [5, 5.41) is 7.08. The van der Waals surface area contributed by atoms with Gasteiger partial charge in [-0.1, -0.05) is 20.8 Å². The van der Waals surface area contributed by atoms with E-state index in [-0.39, 0.29) is 24.0 Å². The fraction of sp³-hybridized carbons (Fsp3) is 0.950. The number of morpholine rings is 1. The minimum atomic E-state index is 0. The first-order valence-electron chi connectivity index (χ1n) is 10.8. The van der Waals surface area contributed by atoms with Crippen LogP contribution in [-0.4, -0.2) is 112 Å². The summed E-state index contributed by atoms with van der Waals surface area (Å²) in [6, 6.07) is 1.02. The molecule has 0 saturated carbocycles. The molecule has 0 radical (unpaired) electrons. The Morgan fingerprint density at radius 3 is 2.07 bits per heavy atom. The van der Waals surface area contributed by atoms with Crippen molar-refractivity contribution in [2.24, 2.45) is 10.9 Å². The highest BCUT2D eigenvalue weighted by molar-refractivity contribution is 14.0. The highest BCUT2D eigenvalue weighted by Crippen LogP contribution is 2.12. The van der Waals surface area contributed by atoms with Crippen LogP contribution in [0.5, 0.6) is 0 Å². The van der Waals surface area contributed by atoms with Crippen LogP contribution in [0.1, 0.15) is 27.7 Å². The lowest BCUT2D eigenvalue weighted by Gasteiger charge is -2.38. The van der Waals surface area contributed by atoms with Gasteiger partial charge in [0.2, 0.25) is 0 Å². The van der Waals surface area contributed by atoms with Crippen molar-refractivity contribution in [3.05, 3.63) is 0 Å². The summed E-state index contributed by atoms with van der Waals surface area (Å²) in [6.07, 6.45) is 0. The molecule has 7 nitrogen and oxygen atoms in total. The molecule has 2 N–H and O–H groups in total. The molecular formula is C20H43IN6O. The number of piperazine rings is 1. The lowest BCUT2D eigenvalue weighted by atomic mass is 10.0. The quantitative estimate of drug-likeness (QED) is 0.291. The van der Waals surface area contributed by atoms with Gasteiger partial charge in [-0.3, -0.25) is 14.8 Å². The van der Waals surface area contributed by atoms with Crippen molar-refractivity contribution in [3.8, 4) is 0 Å². The van der Waals surface area contributed by atoms with E-state index in [1.165, 1.54) is 13.1 Å². The van der Waals surface area contributed by atoms with E-state index < -0.39 is 0 Å². The summed E-state index contributed by atoms with van der Waals surface area (Å²) >= 11 is 0. The maximum absolute atomic E-state index is 5.51. The van der Waals surface area contributed by atoms with Crippen LogP contribution in [0.2, 0.25) is 0 Å². The van der Waals surface area contributed by atoms with Gasteiger partial charge in [0.15, 0.2) is 5.96 Å². The standard InChI is InChI=1S/C20H42N6O.HI/c1-6-24-7-9-25(10-8-24)18(4)15-22-20(21-5)23-16-19(17(2)3)26-11-13-27-14-12-26;/h17-19H,6-16H2,1-5H3,(H2,21,22,23);1H. The summed E-state index contributed by atoms with van der Waals surface area (Å²) < 4.78 is 5.51. The van der Waals surface area contributed by atoms with Crippen molar-refractivity contribution in [2.75, 3.05) is 79.2 Å². The normalized spacial score (nSPS) is 22.6. The fourth-order valence-electron chi connectivity index (χ4n) is 4.01. The van der Waals surface area contributed by atoms with Crippen LogP contribution in [0.25, 0.3) is 0 Å². The molecule has 0 bridgehead atoms. The largest absolute Gasteiger partial charge is 0.379 e. The van der Waals surface area contributed by atoms with E-state index >= 15 is 0 Å².